The average Bonchev–Trinajstić information content (AvgIpc) is 2.77. The number of nitrogens with zero attached hydrogens (tertiary/aromatic N) is 2. The molecule has 0 unspecified atom stereocenters. The van der Waals surface area contributed by atoms with Gasteiger partial charge in [0.2, 0.25) is 0 Å². The van der Waals surface area contributed by atoms with Crippen LogP contribution in [0.4, 0.5) is 0 Å². The lowest BCUT2D eigenvalue weighted by Gasteiger charge is -2.16. The van der Waals surface area contributed by atoms with E-state index in [0.717, 1.165) is 22.2 Å². The Labute approximate surface area is 105 Å². The first-order chi connectivity index (χ1) is 8.65. The molecule has 1 aliphatic rings. The topological polar surface area (TPSA) is 53.4 Å². The molecule has 3 rings (SSSR count). The summed E-state index contributed by atoms with van der Waals surface area (Å²) in [4.78, 5) is 18.0. The second-order valence-corrected chi connectivity index (χ2v) is 4.66. The van der Waals surface area contributed by atoms with Crippen LogP contribution in [0.5, 0.6) is 0 Å². The maximum Gasteiger partial charge on any atom is 0.251 e. The van der Waals surface area contributed by atoms with Gasteiger partial charge in [-0.2, -0.15) is 0 Å². The molecule has 0 saturated heterocycles. The summed E-state index contributed by atoms with van der Waals surface area (Å²) in [5.74, 6) is -0.239. The summed E-state index contributed by atoms with van der Waals surface area (Å²) in [7, 11) is 0. The first kappa shape index (κ1) is 11.2. The number of aliphatic hydroxyl groups is 1. The molecule has 0 saturated carbocycles. The van der Waals surface area contributed by atoms with Crippen LogP contribution in [0.3, 0.4) is 0 Å². The van der Waals surface area contributed by atoms with Crippen molar-refractivity contribution in [2.75, 3.05) is 0 Å². The molecule has 0 aliphatic carbocycles. The van der Waals surface area contributed by atoms with Gasteiger partial charge >= 0.3 is 0 Å². The number of rotatable bonds is 1. The van der Waals surface area contributed by atoms with E-state index in [1.165, 1.54) is 6.92 Å². The molecule has 1 atom stereocenters. The number of amides is 1. The summed E-state index contributed by atoms with van der Waals surface area (Å²) < 4.78 is 0. The van der Waals surface area contributed by atoms with Gasteiger partial charge in [-0.15, -0.1) is 0 Å². The lowest BCUT2D eigenvalue weighted by molar-refractivity contribution is -0.139. The fourth-order valence-electron chi connectivity index (χ4n) is 2.34. The molecule has 1 N–H and O–H groups in total. The maximum atomic E-state index is 11.8. The summed E-state index contributed by atoms with van der Waals surface area (Å²) in [5, 5.41) is 10.4. The predicted molar refractivity (Wildman–Crippen MR) is 67.7 cm³/mol. The van der Waals surface area contributed by atoms with Gasteiger partial charge in [0.25, 0.3) is 5.91 Å². The summed E-state index contributed by atoms with van der Waals surface area (Å²) >= 11 is 0. The predicted octanol–water partition coefficient (Wildman–Crippen LogP) is 1.46. The highest BCUT2D eigenvalue weighted by Crippen LogP contribution is 2.25. The number of hydrogen-bond acceptors (Lipinski definition) is 3. The number of fused-ring (bicyclic) bond motifs is 2. The molecule has 0 radical (unpaired) electrons. The largest absolute Gasteiger partial charge is 0.384 e. The highest BCUT2D eigenvalue weighted by molar-refractivity contribution is 5.82. The van der Waals surface area contributed by atoms with Gasteiger partial charge in [-0.1, -0.05) is 18.2 Å². The number of aliphatic hydroxyl groups excluding tert-OH is 1. The van der Waals surface area contributed by atoms with E-state index in [9.17, 15) is 9.90 Å². The molecule has 2 heterocycles. The summed E-state index contributed by atoms with van der Waals surface area (Å²) in [6.45, 7) is 2.52. The second-order valence-electron chi connectivity index (χ2n) is 4.66. The lowest BCUT2D eigenvalue weighted by atomic mass is 10.1. The number of carbonyl (C=O) groups is 1. The molecule has 0 bridgehead atoms. The zero-order valence-corrected chi connectivity index (χ0v) is 10.1. The monoisotopic (exact) mass is 242 g/mol. The van der Waals surface area contributed by atoms with Gasteiger partial charge in [0.05, 0.1) is 17.8 Å². The Kier molecular flexibility index (Phi) is 2.52. The van der Waals surface area contributed by atoms with Gasteiger partial charge in [0.15, 0.2) is 0 Å². The molecule has 1 amide bonds. The van der Waals surface area contributed by atoms with Crippen molar-refractivity contribution in [1.29, 1.82) is 0 Å². The quantitative estimate of drug-likeness (QED) is 0.823. The molecule has 1 aliphatic heterocycles. The van der Waals surface area contributed by atoms with Crippen molar-refractivity contribution < 1.29 is 9.90 Å². The van der Waals surface area contributed by atoms with Crippen molar-refractivity contribution in [1.82, 2.24) is 9.88 Å². The number of para-hydroxylation sites is 1. The van der Waals surface area contributed by atoms with Crippen molar-refractivity contribution in [3.8, 4) is 0 Å². The van der Waals surface area contributed by atoms with E-state index in [1.54, 1.807) is 4.90 Å². The molecule has 0 fully saturated rings. The summed E-state index contributed by atoms with van der Waals surface area (Å²) in [6, 6.07) is 9.99. The minimum absolute atomic E-state index is 0.239. The SMILES string of the molecule is C[C@H](O)C(=O)N1Cc2cc3ccccc3nc2C1. The zero-order valence-electron chi connectivity index (χ0n) is 10.1. The van der Waals surface area contributed by atoms with E-state index in [1.807, 2.05) is 24.3 Å². The Balaban J connectivity index is 1.98. The van der Waals surface area contributed by atoms with Crippen LogP contribution in [0.1, 0.15) is 18.2 Å². The third kappa shape index (κ3) is 1.75. The number of aromatic nitrogens is 1. The number of benzene rings is 1. The van der Waals surface area contributed by atoms with Crippen LogP contribution in [-0.2, 0) is 17.9 Å². The Bertz CT molecular complexity index is 578. The summed E-state index contributed by atoms with van der Waals surface area (Å²) in [6.07, 6.45) is -0.950. The van der Waals surface area contributed by atoms with Gasteiger partial charge < -0.3 is 10.0 Å². The van der Waals surface area contributed by atoms with Crippen LogP contribution in [-0.4, -0.2) is 27.0 Å². The van der Waals surface area contributed by atoms with Crippen LogP contribution < -0.4 is 0 Å². The van der Waals surface area contributed by atoms with Gasteiger partial charge in [-0.05, 0) is 24.6 Å². The van der Waals surface area contributed by atoms with Crippen LogP contribution in [0.25, 0.3) is 10.9 Å². The van der Waals surface area contributed by atoms with Gasteiger partial charge in [0, 0.05) is 11.9 Å². The van der Waals surface area contributed by atoms with Crippen molar-refractivity contribution in [2.24, 2.45) is 0 Å². The first-order valence-corrected chi connectivity index (χ1v) is 5.99. The van der Waals surface area contributed by atoms with Gasteiger partial charge in [0.1, 0.15) is 6.10 Å². The summed E-state index contributed by atoms with van der Waals surface area (Å²) in [5.41, 5.74) is 2.95. The highest BCUT2D eigenvalue weighted by Gasteiger charge is 2.26. The van der Waals surface area contributed by atoms with Gasteiger partial charge in [-0.25, -0.2) is 0 Å². The van der Waals surface area contributed by atoms with Crippen LogP contribution in [0.2, 0.25) is 0 Å². The fourth-order valence-corrected chi connectivity index (χ4v) is 2.34. The maximum absolute atomic E-state index is 11.8. The molecule has 18 heavy (non-hydrogen) atoms. The molecule has 92 valence electrons. The Morgan fingerprint density at radius 3 is 2.94 bits per heavy atom. The van der Waals surface area contributed by atoms with E-state index < -0.39 is 6.10 Å². The third-order valence-electron chi connectivity index (χ3n) is 3.26. The zero-order chi connectivity index (χ0) is 12.7. The normalized spacial score (nSPS) is 15.8. The van der Waals surface area contributed by atoms with Crippen LogP contribution in [0, 0.1) is 0 Å². The van der Waals surface area contributed by atoms with Crippen molar-refractivity contribution in [2.45, 2.75) is 26.1 Å². The molecule has 1 aromatic heterocycles. The highest BCUT2D eigenvalue weighted by atomic mass is 16.3. The molecule has 0 spiro atoms. The minimum Gasteiger partial charge on any atom is -0.384 e. The van der Waals surface area contributed by atoms with Crippen molar-refractivity contribution in [3.63, 3.8) is 0 Å². The standard InChI is InChI=1S/C14H14N2O2/c1-9(17)14(18)16-7-11-6-10-4-2-3-5-12(10)15-13(11)8-16/h2-6,9,17H,7-8H2,1H3/t9-/m0/s1. The van der Waals surface area contributed by atoms with Crippen molar-refractivity contribution in [3.05, 3.63) is 41.6 Å². The molecule has 1 aromatic carbocycles. The second kappa shape index (κ2) is 4.07. The van der Waals surface area contributed by atoms with E-state index in [-0.39, 0.29) is 5.91 Å². The van der Waals surface area contributed by atoms with E-state index >= 15 is 0 Å². The van der Waals surface area contributed by atoms with Crippen LogP contribution in [0.15, 0.2) is 30.3 Å². The van der Waals surface area contributed by atoms with E-state index in [0.29, 0.717) is 13.1 Å². The molecular weight excluding hydrogens is 228 g/mol. The van der Waals surface area contributed by atoms with Gasteiger partial charge in [-0.3, -0.25) is 9.78 Å². The molecule has 4 nitrogen and oxygen atoms in total. The average molecular weight is 242 g/mol. The van der Waals surface area contributed by atoms with Crippen molar-refractivity contribution >= 4 is 16.8 Å². The molecule has 2 aromatic rings. The van der Waals surface area contributed by atoms with E-state index in [2.05, 4.69) is 11.1 Å². The molecular formula is C14H14N2O2. The number of pyridine rings is 1. The van der Waals surface area contributed by atoms with Crippen LogP contribution >= 0.6 is 0 Å². The third-order valence-corrected chi connectivity index (χ3v) is 3.26. The Hall–Kier alpha value is -1.94. The smallest absolute Gasteiger partial charge is 0.251 e. The number of hydrogen-bond donors (Lipinski definition) is 1. The Morgan fingerprint density at radius 2 is 2.17 bits per heavy atom. The first-order valence-electron chi connectivity index (χ1n) is 5.99. The minimum atomic E-state index is -0.950. The lowest BCUT2D eigenvalue weighted by Crippen LogP contribution is -2.33. The number of carbonyl (C=O) groups excluding carboxylic acids is 1. The fraction of sp³-hybridized carbons (Fsp3) is 0.286. The van der Waals surface area contributed by atoms with E-state index in [4.69, 9.17) is 0 Å². The molecule has 4 heteroatoms. The Morgan fingerprint density at radius 1 is 1.39 bits per heavy atom.